The van der Waals surface area contributed by atoms with Crippen molar-refractivity contribution in [3.05, 3.63) is 0 Å². The van der Waals surface area contributed by atoms with Gasteiger partial charge in [0, 0.05) is 18.5 Å². The van der Waals surface area contributed by atoms with Gasteiger partial charge in [-0.25, -0.2) is 0 Å². The quantitative estimate of drug-likeness (QED) is 0.744. The molecule has 0 aromatic carbocycles. The van der Waals surface area contributed by atoms with E-state index in [1.165, 1.54) is 0 Å². The van der Waals surface area contributed by atoms with E-state index < -0.39 is 11.9 Å². The van der Waals surface area contributed by atoms with E-state index in [0.717, 1.165) is 19.3 Å². The lowest BCUT2D eigenvalue weighted by Gasteiger charge is -2.40. The predicted octanol–water partition coefficient (Wildman–Crippen LogP) is 0.206. The fraction of sp³-hybridized carbons (Fsp3) is 0.846. The second kappa shape index (κ2) is 5.46. The molecule has 0 aromatic rings. The number of ether oxygens (including phenoxy) is 1. The monoisotopic (exact) mass is 270 g/mol. The lowest BCUT2D eigenvalue weighted by atomic mass is 9.75. The molecule has 0 spiro atoms. The van der Waals surface area contributed by atoms with Crippen LogP contribution in [0.15, 0.2) is 0 Å². The molecule has 1 saturated carbocycles. The van der Waals surface area contributed by atoms with Gasteiger partial charge in [-0.3, -0.25) is 9.59 Å². The molecule has 1 amide bonds. The molecule has 2 atom stereocenters. The second-order valence-electron chi connectivity index (χ2n) is 5.62. The number of carboxylic acids is 1. The summed E-state index contributed by atoms with van der Waals surface area (Å²) < 4.78 is 5.23. The summed E-state index contributed by atoms with van der Waals surface area (Å²) in [4.78, 5) is 25.1. The van der Waals surface area contributed by atoms with Crippen LogP contribution in [0.1, 0.15) is 32.6 Å². The van der Waals surface area contributed by atoms with Gasteiger partial charge < -0.3 is 20.5 Å². The van der Waals surface area contributed by atoms with E-state index >= 15 is 0 Å². The molecule has 2 aliphatic rings. The first-order chi connectivity index (χ1) is 8.97. The topological polar surface area (TPSA) is 92.9 Å². The van der Waals surface area contributed by atoms with Crippen molar-refractivity contribution in [2.75, 3.05) is 19.8 Å². The van der Waals surface area contributed by atoms with Crippen LogP contribution in [0.3, 0.4) is 0 Å². The van der Waals surface area contributed by atoms with Gasteiger partial charge in [0.25, 0.3) is 0 Å². The van der Waals surface area contributed by atoms with Crippen LogP contribution in [0.2, 0.25) is 0 Å². The smallest absolute Gasteiger partial charge is 0.311 e. The summed E-state index contributed by atoms with van der Waals surface area (Å²) in [7, 11) is 0. The molecule has 1 aliphatic carbocycles. The Kier molecular flexibility index (Phi) is 4.10. The number of amides is 1. The normalized spacial score (nSPS) is 28.7. The van der Waals surface area contributed by atoms with Gasteiger partial charge in [-0.15, -0.1) is 0 Å². The van der Waals surface area contributed by atoms with Gasteiger partial charge in [-0.1, -0.05) is 0 Å². The Balaban J connectivity index is 2.02. The molecule has 0 aromatic heterocycles. The minimum Gasteiger partial charge on any atom is -0.481 e. The highest BCUT2D eigenvalue weighted by molar-refractivity contribution is 5.79. The van der Waals surface area contributed by atoms with E-state index in [2.05, 4.69) is 0 Å². The largest absolute Gasteiger partial charge is 0.481 e. The average molecular weight is 270 g/mol. The molecule has 2 fully saturated rings. The van der Waals surface area contributed by atoms with Crippen LogP contribution in [0.5, 0.6) is 0 Å². The van der Waals surface area contributed by atoms with Gasteiger partial charge in [-0.05, 0) is 26.2 Å². The number of carbonyl (C=O) groups is 2. The molecule has 0 radical (unpaired) electrons. The zero-order valence-electron chi connectivity index (χ0n) is 11.3. The van der Waals surface area contributed by atoms with E-state index in [0.29, 0.717) is 19.6 Å². The van der Waals surface area contributed by atoms with Crippen molar-refractivity contribution >= 4 is 11.9 Å². The van der Waals surface area contributed by atoms with E-state index in [1.807, 2.05) is 6.92 Å². The average Bonchev–Trinajstić information content (AvgIpc) is 2.77. The summed E-state index contributed by atoms with van der Waals surface area (Å²) in [5, 5.41) is 9.16. The number of hydrogen-bond donors (Lipinski definition) is 2. The van der Waals surface area contributed by atoms with Gasteiger partial charge in [0.2, 0.25) is 5.91 Å². The number of likely N-dealkylation sites (N-methyl/N-ethyl adjacent to an activating group) is 1. The fourth-order valence-electron chi connectivity index (χ4n) is 2.89. The van der Waals surface area contributed by atoms with Crippen molar-refractivity contribution in [1.29, 1.82) is 0 Å². The summed E-state index contributed by atoms with van der Waals surface area (Å²) in [6.07, 6.45) is 3.13. The Hall–Kier alpha value is -1.14. The van der Waals surface area contributed by atoms with Crippen molar-refractivity contribution in [3.63, 3.8) is 0 Å². The Labute approximate surface area is 112 Å². The molecule has 1 saturated heterocycles. The molecule has 1 heterocycles. The highest BCUT2D eigenvalue weighted by Crippen LogP contribution is 2.33. The van der Waals surface area contributed by atoms with Crippen LogP contribution in [0.25, 0.3) is 0 Å². The second-order valence-corrected chi connectivity index (χ2v) is 5.62. The minimum absolute atomic E-state index is 0.0496. The third kappa shape index (κ3) is 2.90. The van der Waals surface area contributed by atoms with Gasteiger partial charge in [0.05, 0.1) is 19.3 Å². The summed E-state index contributed by atoms with van der Waals surface area (Å²) >= 11 is 0. The molecule has 3 N–H and O–H groups in total. The fourth-order valence-corrected chi connectivity index (χ4v) is 2.89. The number of nitrogens with zero attached hydrogens (tertiary/aromatic N) is 1. The molecule has 6 heteroatoms. The summed E-state index contributed by atoms with van der Waals surface area (Å²) in [6.45, 7) is 2.83. The first-order valence-electron chi connectivity index (χ1n) is 6.86. The van der Waals surface area contributed by atoms with Crippen molar-refractivity contribution in [1.82, 2.24) is 4.90 Å². The third-order valence-corrected chi connectivity index (χ3v) is 4.28. The van der Waals surface area contributed by atoms with E-state index in [1.54, 1.807) is 4.90 Å². The van der Waals surface area contributed by atoms with Crippen LogP contribution < -0.4 is 5.73 Å². The van der Waals surface area contributed by atoms with Gasteiger partial charge in [0.1, 0.15) is 5.92 Å². The first-order valence-corrected chi connectivity index (χ1v) is 6.86. The molecule has 6 nitrogen and oxygen atoms in total. The number of hydrogen-bond acceptors (Lipinski definition) is 4. The molecule has 108 valence electrons. The molecular formula is C13H22N2O4. The zero-order chi connectivity index (χ0) is 14.0. The number of carbonyl (C=O) groups excluding carboxylic acids is 1. The van der Waals surface area contributed by atoms with Gasteiger partial charge in [-0.2, -0.15) is 0 Å². The summed E-state index contributed by atoms with van der Waals surface area (Å²) in [5.74, 6) is -1.58. The summed E-state index contributed by atoms with van der Waals surface area (Å²) in [6, 6.07) is -0.362. The molecular weight excluding hydrogens is 248 g/mol. The highest BCUT2D eigenvalue weighted by Gasteiger charge is 2.42. The predicted molar refractivity (Wildman–Crippen MR) is 68.5 cm³/mol. The molecule has 2 rings (SSSR count). The van der Waals surface area contributed by atoms with Crippen LogP contribution in [0, 0.1) is 5.92 Å². The van der Waals surface area contributed by atoms with Crippen molar-refractivity contribution in [3.8, 4) is 0 Å². The van der Waals surface area contributed by atoms with E-state index in [-0.39, 0.29) is 24.1 Å². The van der Waals surface area contributed by atoms with Crippen LogP contribution in [0.4, 0.5) is 0 Å². The SMILES string of the molecule is CCN(C(=O)CC1(N)CCC1)C1COCC1C(=O)O. The zero-order valence-corrected chi connectivity index (χ0v) is 11.3. The Morgan fingerprint density at radius 3 is 2.58 bits per heavy atom. The molecule has 1 aliphatic heterocycles. The van der Waals surface area contributed by atoms with Crippen LogP contribution >= 0.6 is 0 Å². The summed E-state index contributed by atoms with van der Waals surface area (Å²) in [5.41, 5.74) is 5.72. The number of carboxylic acid groups (broad SMARTS) is 1. The minimum atomic E-state index is -0.903. The van der Waals surface area contributed by atoms with Gasteiger partial charge >= 0.3 is 5.97 Å². The Morgan fingerprint density at radius 2 is 2.11 bits per heavy atom. The number of aliphatic carboxylic acids is 1. The molecule has 19 heavy (non-hydrogen) atoms. The molecule has 0 bridgehead atoms. The standard InChI is InChI=1S/C13H22N2O4/c1-2-15(10-8-19-7-9(10)12(17)18)11(16)6-13(14)4-3-5-13/h9-10H,2-8,14H2,1H3,(H,17,18). The number of rotatable bonds is 5. The third-order valence-electron chi connectivity index (χ3n) is 4.28. The van der Waals surface area contributed by atoms with Crippen LogP contribution in [-0.2, 0) is 14.3 Å². The molecule has 2 unspecified atom stereocenters. The number of nitrogens with two attached hydrogens (primary N) is 1. The van der Waals surface area contributed by atoms with Crippen LogP contribution in [-0.4, -0.2) is 53.2 Å². The van der Waals surface area contributed by atoms with Crippen molar-refractivity contribution in [2.24, 2.45) is 11.7 Å². The lowest BCUT2D eigenvalue weighted by Crippen LogP contribution is -2.53. The highest BCUT2D eigenvalue weighted by atomic mass is 16.5. The van der Waals surface area contributed by atoms with E-state index in [4.69, 9.17) is 15.6 Å². The first kappa shape index (κ1) is 14.3. The maximum Gasteiger partial charge on any atom is 0.311 e. The maximum absolute atomic E-state index is 12.3. The Morgan fingerprint density at radius 1 is 1.42 bits per heavy atom. The van der Waals surface area contributed by atoms with Crippen molar-refractivity contribution < 1.29 is 19.4 Å². The maximum atomic E-state index is 12.3. The Bertz CT molecular complexity index is 368. The lowest BCUT2D eigenvalue weighted by molar-refractivity contribution is -0.145. The van der Waals surface area contributed by atoms with E-state index in [9.17, 15) is 9.59 Å². The van der Waals surface area contributed by atoms with Crippen molar-refractivity contribution in [2.45, 2.75) is 44.2 Å². The van der Waals surface area contributed by atoms with Gasteiger partial charge in [0.15, 0.2) is 0 Å².